The highest BCUT2D eigenvalue weighted by atomic mass is 16.1. The Hall–Kier alpha value is -1.97. The Morgan fingerprint density at radius 2 is 1.61 bits per heavy atom. The second-order valence-electron chi connectivity index (χ2n) is 4.70. The number of nitrogens with one attached hydrogen (secondary N) is 1. The van der Waals surface area contributed by atoms with Crippen LogP contribution in [0.25, 0.3) is 5.69 Å². The number of H-pyrrole nitrogens is 1. The molecule has 1 aliphatic rings. The number of anilines is 1. The third-order valence-corrected chi connectivity index (χ3v) is 3.50. The molecule has 0 radical (unpaired) electrons. The molecule has 4 nitrogen and oxygen atoms in total. The smallest absolute Gasteiger partial charge is 0.330 e. The molecule has 4 heteroatoms. The summed E-state index contributed by atoms with van der Waals surface area (Å²) >= 11 is 0. The number of hydrogen-bond donors (Lipinski definition) is 1. The van der Waals surface area contributed by atoms with Crippen molar-refractivity contribution in [1.29, 1.82) is 0 Å². The average molecular weight is 243 g/mol. The Labute approximate surface area is 106 Å². The van der Waals surface area contributed by atoms with E-state index in [1.54, 1.807) is 17.0 Å². The van der Waals surface area contributed by atoms with E-state index in [4.69, 9.17) is 0 Å². The van der Waals surface area contributed by atoms with Gasteiger partial charge in [-0.25, -0.2) is 4.79 Å². The van der Waals surface area contributed by atoms with Crippen LogP contribution in [0.15, 0.2) is 41.5 Å². The standard InChI is InChI=1S/C14H17N3O/c18-14-15-8-11-17(14)13-6-4-12(5-7-13)16-9-2-1-3-10-16/h4-8,11H,1-3,9-10H2,(H,15,18). The van der Waals surface area contributed by atoms with Crippen LogP contribution in [0.5, 0.6) is 0 Å². The Kier molecular flexibility index (Phi) is 2.92. The van der Waals surface area contributed by atoms with Gasteiger partial charge in [-0.05, 0) is 43.5 Å². The molecular weight excluding hydrogens is 226 g/mol. The summed E-state index contributed by atoms with van der Waals surface area (Å²) in [6, 6.07) is 8.19. The van der Waals surface area contributed by atoms with Crippen LogP contribution >= 0.6 is 0 Å². The number of aromatic nitrogens is 2. The van der Waals surface area contributed by atoms with Gasteiger partial charge in [-0.1, -0.05) is 0 Å². The zero-order chi connectivity index (χ0) is 12.4. The summed E-state index contributed by atoms with van der Waals surface area (Å²) in [5.41, 5.74) is 2.06. The molecule has 94 valence electrons. The van der Waals surface area contributed by atoms with E-state index in [0.29, 0.717) is 0 Å². The van der Waals surface area contributed by atoms with Crippen LogP contribution in [0.1, 0.15) is 19.3 Å². The maximum absolute atomic E-state index is 11.5. The molecule has 0 saturated carbocycles. The predicted octanol–water partition coefficient (Wildman–Crippen LogP) is 2.16. The molecule has 2 heterocycles. The molecule has 1 fully saturated rings. The Bertz CT molecular complexity index is 561. The summed E-state index contributed by atoms with van der Waals surface area (Å²) < 4.78 is 1.61. The van der Waals surface area contributed by atoms with Gasteiger partial charge in [0.05, 0.1) is 5.69 Å². The second kappa shape index (κ2) is 4.72. The molecule has 0 bridgehead atoms. The first kappa shape index (κ1) is 11.1. The van der Waals surface area contributed by atoms with E-state index in [-0.39, 0.29) is 5.69 Å². The lowest BCUT2D eigenvalue weighted by Crippen LogP contribution is -2.29. The second-order valence-corrected chi connectivity index (χ2v) is 4.70. The highest BCUT2D eigenvalue weighted by Gasteiger charge is 2.10. The van der Waals surface area contributed by atoms with Crippen LogP contribution in [-0.4, -0.2) is 22.6 Å². The number of aromatic amines is 1. The molecule has 1 aliphatic heterocycles. The number of rotatable bonds is 2. The quantitative estimate of drug-likeness (QED) is 0.878. The fourth-order valence-electron chi connectivity index (χ4n) is 2.50. The monoisotopic (exact) mass is 243 g/mol. The largest absolute Gasteiger partial charge is 0.372 e. The Balaban J connectivity index is 1.85. The van der Waals surface area contributed by atoms with Gasteiger partial charge in [0.1, 0.15) is 0 Å². The fourth-order valence-corrected chi connectivity index (χ4v) is 2.50. The molecule has 0 aliphatic carbocycles. The van der Waals surface area contributed by atoms with E-state index < -0.39 is 0 Å². The molecule has 1 saturated heterocycles. The van der Waals surface area contributed by atoms with Gasteiger partial charge in [0, 0.05) is 31.2 Å². The molecular formula is C14H17N3O. The fraction of sp³-hybridized carbons (Fsp3) is 0.357. The van der Waals surface area contributed by atoms with Crippen LogP contribution < -0.4 is 10.6 Å². The Morgan fingerprint density at radius 3 is 2.22 bits per heavy atom. The maximum atomic E-state index is 11.5. The summed E-state index contributed by atoms with van der Waals surface area (Å²) in [7, 11) is 0. The normalized spacial score (nSPS) is 15.9. The zero-order valence-corrected chi connectivity index (χ0v) is 10.3. The first-order chi connectivity index (χ1) is 8.84. The van der Waals surface area contributed by atoms with E-state index in [1.165, 1.54) is 24.9 Å². The minimum absolute atomic E-state index is 0.0966. The molecule has 1 aromatic heterocycles. The third-order valence-electron chi connectivity index (χ3n) is 3.50. The van der Waals surface area contributed by atoms with Crippen molar-refractivity contribution in [2.45, 2.75) is 19.3 Å². The van der Waals surface area contributed by atoms with Crippen molar-refractivity contribution in [3.8, 4) is 5.69 Å². The molecule has 0 spiro atoms. The summed E-state index contributed by atoms with van der Waals surface area (Å²) in [5.74, 6) is 0. The van der Waals surface area contributed by atoms with Crippen LogP contribution in [0.3, 0.4) is 0 Å². The van der Waals surface area contributed by atoms with Crippen molar-refractivity contribution in [2.24, 2.45) is 0 Å². The van der Waals surface area contributed by atoms with E-state index in [9.17, 15) is 4.79 Å². The minimum Gasteiger partial charge on any atom is -0.372 e. The van der Waals surface area contributed by atoms with Gasteiger partial charge in [-0.3, -0.25) is 4.57 Å². The van der Waals surface area contributed by atoms with Crippen molar-refractivity contribution in [3.63, 3.8) is 0 Å². The van der Waals surface area contributed by atoms with Crippen molar-refractivity contribution in [3.05, 3.63) is 47.1 Å². The van der Waals surface area contributed by atoms with Crippen LogP contribution in [0, 0.1) is 0 Å². The van der Waals surface area contributed by atoms with Crippen molar-refractivity contribution >= 4 is 5.69 Å². The number of imidazole rings is 1. The molecule has 1 aromatic carbocycles. The van der Waals surface area contributed by atoms with Crippen molar-refractivity contribution < 1.29 is 0 Å². The number of piperidine rings is 1. The lowest BCUT2D eigenvalue weighted by molar-refractivity contribution is 0.578. The third kappa shape index (κ3) is 2.06. The van der Waals surface area contributed by atoms with Crippen LogP contribution in [0.4, 0.5) is 5.69 Å². The molecule has 3 rings (SSSR count). The topological polar surface area (TPSA) is 41.0 Å². The van der Waals surface area contributed by atoms with Crippen LogP contribution in [0.2, 0.25) is 0 Å². The van der Waals surface area contributed by atoms with Gasteiger partial charge in [-0.15, -0.1) is 0 Å². The highest BCUT2D eigenvalue weighted by molar-refractivity contribution is 5.51. The number of hydrogen-bond acceptors (Lipinski definition) is 2. The summed E-state index contributed by atoms with van der Waals surface area (Å²) in [5, 5.41) is 0. The van der Waals surface area contributed by atoms with Gasteiger partial charge in [0.15, 0.2) is 0 Å². The SMILES string of the molecule is O=c1[nH]ccn1-c1ccc(N2CCCCC2)cc1. The van der Waals surface area contributed by atoms with E-state index in [1.807, 2.05) is 12.1 Å². The maximum Gasteiger partial charge on any atom is 0.330 e. The van der Waals surface area contributed by atoms with Gasteiger partial charge in [0.25, 0.3) is 0 Å². The van der Waals surface area contributed by atoms with Crippen molar-refractivity contribution in [2.75, 3.05) is 18.0 Å². The Morgan fingerprint density at radius 1 is 0.944 bits per heavy atom. The molecule has 1 N–H and O–H groups in total. The predicted molar refractivity (Wildman–Crippen MR) is 72.5 cm³/mol. The molecule has 0 unspecified atom stereocenters. The highest BCUT2D eigenvalue weighted by Crippen LogP contribution is 2.20. The summed E-state index contributed by atoms with van der Waals surface area (Å²) in [6.07, 6.45) is 7.30. The van der Waals surface area contributed by atoms with Crippen LogP contribution in [-0.2, 0) is 0 Å². The van der Waals surface area contributed by atoms with Gasteiger partial charge < -0.3 is 9.88 Å². The number of benzene rings is 1. The summed E-state index contributed by atoms with van der Waals surface area (Å²) in [6.45, 7) is 2.28. The first-order valence-electron chi connectivity index (χ1n) is 6.46. The molecule has 18 heavy (non-hydrogen) atoms. The lowest BCUT2D eigenvalue weighted by atomic mass is 10.1. The van der Waals surface area contributed by atoms with Crippen molar-refractivity contribution in [1.82, 2.24) is 9.55 Å². The minimum atomic E-state index is -0.0966. The van der Waals surface area contributed by atoms with Gasteiger partial charge >= 0.3 is 5.69 Å². The molecule has 0 atom stereocenters. The number of nitrogens with zero attached hydrogens (tertiary/aromatic N) is 2. The zero-order valence-electron chi connectivity index (χ0n) is 10.3. The van der Waals surface area contributed by atoms with Gasteiger partial charge in [0.2, 0.25) is 0 Å². The van der Waals surface area contributed by atoms with Gasteiger partial charge in [-0.2, -0.15) is 0 Å². The molecule has 2 aromatic rings. The van der Waals surface area contributed by atoms with E-state index >= 15 is 0 Å². The summed E-state index contributed by atoms with van der Waals surface area (Å²) in [4.78, 5) is 16.6. The van der Waals surface area contributed by atoms with E-state index in [0.717, 1.165) is 18.8 Å². The average Bonchev–Trinajstić information content (AvgIpc) is 2.86. The lowest BCUT2D eigenvalue weighted by Gasteiger charge is -2.28. The van der Waals surface area contributed by atoms with E-state index in [2.05, 4.69) is 22.0 Å². The first-order valence-corrected chi connectivity index (χ1v) is 6.46. The molecule has 0 amide bonds.